The van der Waals surface area contributed by atoms with Gasteiger partial charge < -0.3 is 35.9 Å². The minimum atomic E-state index is -1.34. The van der Waals surface area contributed by atoms with Gasteiger partial charge in [-0.05, 0) is 55.0 Å². The topological polar surface area (TPSA) is 205 Å². The van der Waals surface area contributed by atoms with Crippen molar-refractivity contribution in [2.75, 3.05) is 26.2 Å². The number of hydrogen-bond donors (Lipinski definition) is 3. The molecule has 1 atom stereocenters. The summed E-state index contributed by atoms with van der Waals surface area (Å²) in [5.41, 5.74) is 0.151. The van der Waals surface area contributed by atoms with Crippen molar-refractivity contribution >= 4 is 5.97 Å². The number of H-pyrrole nitrogens is 2. The van der Waals surface area contributed by atoms with Gasteiger partial charge in [-0.15, -0.1) is 0 Å². The molecule has 3 aromatic rings. The minimum absolute atomic E-state index is 0. The maximum absolute atomic E-state index is 11.1. The quantitative estimate of drug-likeness (QED) is 0.230. The van der Waals surface area contributed by atoms with E-state index in [1.165, 1.54) is 38.3 Å². The summed E-state index contributed by atoms with van der Waals surface area (Å²) >= 11 is 0. The molecule has 202 valence electrons. The van der Waals surface area contributed by atoms with Crippen LogP contribution in [0.25, 0.3) is 11.1 Å². The average molecular weight is 519 g/mol. The van der Waals surface area contributed by atoms with Crippen molar-refractivity contribution in [2.45, 2.75) is 26.2 Å². The van der Waals surface area contributed by atoms with Crippen molar-refractivity contribution in [3.8, 4) is 16.9 Å². The van der Waals surface area contributed by atoms with Gasteiger partial charge in [0.1, 0.15) is 11.4 Å². The number of aromatic carboxylic acids is 1. The third-order valence-corrected chi connectivity index (χ3v) is 5.61. The first kappa shape index (κ1) is 31.0. The summed E-state index contributed by atoms with van der Waals surface area (Å²) in [6, 6.07) is 12.5. The number of nitrogens with zero attached hydrogens (tertiary/aromatic N) is 2. The summed E-state index contributed by atoms with van der Waals surface area (Å²) in [6.07, 6.45) is 6.80. The maximum atomic E-state index is 11.1. The first-order valence-corrected chi connectivity index (χ1v) is 11.5. The average Bonchev–Trinajstić information content (AvgIpc) is 2.83. The predicted molar refractivity (Wildman–Crippen MR) is 138 cm³/mol. The summed E-state index contributed by atoms with van der Waals surface area (Å²) < 4.78 is 6.65. The Morgan fingerprint density at radius 1 is 1.11 bits per heavy atom. The molecule has 0 amide bonds. The van der Waals surface area contributed by atoms with Gasteiger partial charge in [0.25, 0.3) is 5.56 Å². The van der Waals surface area contributed by atoms with Crippen molar-refractivity contribution in [3.63, 3.8) is 0 Å². The Labute approximate surface area is 213 Å². The number of ether oxygens (including phenoxy) is 1. The van der Waals surface area contributed by atoms with E-state index < -0.39 is 22.9 Å². The molecule has 2 aromatic heterocycles. The number of likely N-dealkylation sites (tertiary alicyclic amines) is 1. The summed E-state index contributed by atoms with van der Waals surface area (Å²) in [4.78, 5) is 37.4. The Balaban J connectivity index is 0.000000448. The van der Waals surface area contributed by atoms with Crippen molar-refractivity contribution in [3.05, 3.63) is 86.6 Å². The Kier molecular flexibility index (Phi) is 12.7. The lowest BCUT2D eigenvalue weighted by molar-refractivity contribution is -0.605. The van der Waals surface area contributed by atoms with Gasteiger partial charge in [-0.2, -0.15) is 4.73 Å². The molecule has 3 heterocycles. The molecular formula is C25H34N4O8. The van der Waals surface area contributed by atoms with E-state index in [-0.39, 0.29) is 11.0 Å². The highest BCUT2D eigenvalue weighted by atomic mass is 16.5. The third kappa shape index (κ3) is 10.3. The molecule has 7 N–H and O–H groups in total. The van der Waals surface area contributed by atoms with Crippen molar-refractivity contribution in [1.82, 2.24) is 14.9 Å². The smallest absolute Gasteiger partial charge is 0.352 e. The lowest BCUT2D eigenvalue weighted by atomic mass is 10.0. The van der Waals surface area contributed by atoms with Crippen LogP contribution in [-0.2, 0) is 0 Å². The highest BCUT2D eigenvalue weighted by Crippen LogP contribution is 2.21. The van der Waals surface area contributed by atoms with Gasteiger partial charge in [-0.25, -0.2) is 9.59 Å². The number of benzene rings is 1. The molecule has 37 heavy (non-hydrogen) atoms. The number of carboxylic acid groups (broad SMARTS) is 1. The SMILES string of the molecule is C[C@H]1CCCN(CCCOc2ccc(-c3cc[n+]([O-])cc3)cc2)C1.O.O.O=C(O)c1cc(=O)[nH]c(=O)[nH]1. The van der Waals surface area contributed by atoms with E-state index in [2.05, 4.69) is 11.8 Å². The number of carbonyl (C=O) groups is 1. The number of hydrogen-bond acceptors (Lipinski definition) is 6. The zero-order valence-corrected chi connectivity index (χ0v) is 20.6. The minimum Gasteiger partial charge on any atom is -0.619 e. The summed E-state index contributed by atoms with van der Waals surface area (Å²) in [6.45, 7) is 6.69. The number of piperidine rings is 1. The van der Waals surface area contributed by atoms with E-state index in [1.807, 2.05) is 46.4 Å². The second-order valence-electron chi connectivity index (χ2n) is 8.53. The molecule has 1 aliphatic heterocycles. The second-order valence-corrected chi connectivity index (χ2v) is 8.53. The number of aromatic nitrogens is 3. The van der Waals surface area contributed by atoms with Crippen LogP contribution in [0.1, 0.15) is 36.7 Å². The van der Waals surface area contributed by atoms with E-state index in [0.29, 0.717) is 0 Å². The first-order valence-electron chi connectivity index (χ1n) is 11.5. The number of rotatable bonds is 7. The monoisotopic (exact) mass is 518 g/mol. The number of aromatic amines is 2. The van der Waals surface area contributed by atoms with Crippen molar-refractivity contribution in [2.24, 2.45) is 5.92 Å². The third-order valence-electron chi connectivity index (χ3n) is 5.61. The van der Waals surface area contributed by atoms with Gasteiger partial charge in [0.15, 0.2) is 12.4 Å². The highest BCUT2D eigenvalue weighted by Gasteiger charge is 2.15. The fourth-order valence-electron chi connectivity index (χ4n) is 3.90. The summed E-state index contributed by atoms with van der Waals surface area (Å²) in [5.74, 6) is 0.398. The summed E-state index contributed by atoms with van der Waals surface area (Å²) in [5, 5.41) is 19.4. The van der Waals surface area contributed by atoms with Gasteiger partial charge in [0.2, 0.25) is 0 Å². The molecule has 0 saturated carbocycles. The van der Waals surface area contributed by atoms with E-state index in [9.17, 15) is 19.6 Å². The van der Waals surface area contributed by atoms with Crippen LogP contribution in [0.5, 0.6) is 5.75 Å². The second kappa shape index (κ2) is 15.2. The molecule has 1 saturated heterocycles. The maximum Gasteiger partial charge on any atom is 0.352 e. The largest absolute Gasteiger partial charge is 0.619 e. The number of carboxylic acids is 1. The first-order chi connectivity index (χ1) is 16.8. The van der Waals surface area contributed by atoms with Crippen LogP contribution in [-0.4, -0.2) is 63.1 Å². The van der Waals surface area contributed by atoms with E-state index in [1.54, 1.807) is 0 Å². The van der Waals surface area contributed by atoms with Gasteiger partial charge in [-0.3, -0.25) is 9.78 Å². The van der Waals surface area contributed by atoms with E-state index in [4.69, 9.17) is 9.84 Å². The molecule has 0 spiro atoms. The molecule has 0 aliphatic carbocycles. The Bertz CT molecular complexity index is 1180. The zero-order valence-electron chi connectivity index (χ0n) is 20.6. The van der Waals surface area contributed by atoms with Gasteiger partial charge in [-0.1, -0.05) is 19.1 Å². The number of pyridine rings is 1. The van der Waals surface area contributed by atoms with Crippen molar-refractivity contribution in [1.29, 1.82) is 0 Å². The fraction of sp³-hybridized carbons (Fsp3) is 0.360. The van der Waals surface area contributed by atoms with Crippen LogP contribution in [0.15, 0.2) is 64.4 Å². The van der Waals surface area contributed by atoms with E-state index >= 15 is 0 Å². The number of nitrogens with one attached hydrogen (secondary N) is 2. The van der Waals surface area contributed by atoms with Crippen LogP contribution in [0.3, 0.4) is 0 Å². The Hall–Kier alpha value is -4.00. The molecular weight excluding hydrogens is 484 g/mol. The summed E-state index contributed by atoms with van der Waals surface area (Å²) in [7, 11) is 0. The molecule has 12 heteroatoms. The molecule has 0 unspecified atom stereocenters. The molecule has 0 bridgehead atoms. The normalized spacial score (nSPS) is 14.8. The lowest BCUT2D eigenvalue weighted by Gasteiger charge is -2.30. The standard InChI is InChI=1S/C20H26N2O2.C5H4N2O4.2H2O/c1-17-4-2-11-21(16-17)12-3-15-24-20-7-5-18(6-8-20)19-9-13-22(23)14-10-19;8-3-1-2(4(9)10)6-5(11)7-3;;/h5-10,13-14,17H,2-4,11-12,15-16H2,1H3;1H,(H,9,10)(H2,6,7,8,11);2*1H2/t17-;;;/m0.../s1. The van der Waals surface area contributed by atoms with Crippen LogP contribution in [0.2, 0.25) is 0 Å². The van der Waals surface area contributed by atoms with Crippen LogP contribution >= 0.6 is 0 Å². The predicted octanol–water partition coefficient (Wildman–Crippen LogP) is 0.600. The molecule has 1 aliphatic rings. The van der Waals surface area contributed by atoms with Gasteiger partial charge in [0.05, 0.1) is 6.61 Å². The van der Waals surface area contributed by atoms with Crippen LogP contribution in [0, 0.1) is 11.1 Å². The Morgan fingerprint density at radius 2 is 1.76 bits per heavy atom. The molecule has 4 rings (SSSR count). The Morgan fingerprint density at radius 3 is 2.35 bits per heavy atom. The van der Waals surface area contributed by atoms with Gasteiger partial charge in [0, 0.05) is 31.3 Å². The van der Waals surface area contributed by atoms with Crippen LogP contribution < -0.4 is 20.7 Å². The fourth-order valence-corrected chi connectivity index (χ4v) is 3.90. The van der Waals surface area contributed by atoms with Crippen LogP contribution in [0.4, 0.5) is 0 Å². The van der Waals surface area contributed by atoms with Crippen molar-refractivity contribution < 1.29 is 30.3 Å². The molecule has 1 fully saturated rings. The molecule has 1 aromatic carbocycles. The highest BCUT2D eigenvalue weighted by molar-refractivity contribution is 5.84. The lowest BCUT2D eigenvalue weighted by Crippen LogP contribution is -2.35. The van der Waals surface area contributed by atoms with E-state index in [0.717, 1.165) is 53.2 Å². The molecule has 0 radical (unpaired) electrons. The zero-order chi connectivity index (χ0) is 25.2. The molecule has 12 nitrogen and oxygen atoms in total. The van der Waals surface area contributed by atoms with Gasteiger partial charge >= 0.3 is 11.7 Å².